The maximum absolute atomic E-state index is 14.1. The highest BCUT2D eigenvalue weighted by Crippen LogP contribution is 2.44. The number of halogens is 1. The maximum atomic E-state index is 14.1. The van der Waals surface area contributed by atoms with Crippen LogP contribution in [0.15, 0.2) is 18.2 Å². The minimum Gasteiger partial charge on any atom is -0.488 e. The van der Waals surface area contributed by atoms with Gasteiger partial charge in [0.25, 0.3) is 0 Å². The van der Waals surface area contributed by atoms with E-state index in [-0.39, 0.29) is 23.7 Å². The highest BCUT2D eigenvalue weighted by atomic mass is 19.1. The molecule has 5 nitrogen and oxygen atoms in total. The monoisotopic (exact) mass is 336 g/mol. The van der Waals surface area contributed by atoms with E-state index in [1.807, 2.05) is 0 Å². The highest BCUT2D eigenvalue weighted by molar-refractivity contribution is 5.96. The number of fused-ring (bicyclic) bond motifs is 1. The zero-order valence-electron chi connectivity index (χ0n) is 14.1. The van der Waals surface area contributed by atoms with Crippen LogP contribution >= 0.6 is 0 Å². The standard InChI is InChI=1S/C18H25FN2O3/c1-23-8-9-24-16-6-5-14(10-15(16)19)21-17(22)18-7-3-2-4-13(18)11-20-12-18/h5-6,10,13,20H,2-4,7-9,11-12H2,1H3,(H,21,22)/t13-,18+/m0/s1. The third-order valence-electron chi connectivity index (χ3n) is 5.23. The van der Waals surface area contributed by atoms with Crippen LogP contribution in [0.5, 0.6) is 5.75 Å². The Bertz CT molecular complexity index is 596. The first-order valence-corrected chi connectivity index (χ1v) is 8.59. The molecule has 1 saturated heterocycles. The van der Waals surface area contributed by atoms with Crippen LogP contribution in [0, 0.1) is 17.2 Å². The summed E-state index contributed by atoms with van der Waals surface area (Å²) in [4.78, 5) is 12.9. The number of hydrogen-bond acceptors (Lipinski definition) is 4. The molecule has 0 bridgehead atoms. The van der Waals surface area contributed by atoms with Gasteiger partial charge in [-0.2, -0.15) is 0 Å². The van der Waals surface area contributed by atoms with Crippen LogP contribution in [0.3, 0.4) is 0 Å². The topological polar surface area (TPSA) is 59.6 Å². The van der Waals surface area contributed by atoms with E-state index in [9.17, 15) is 9.18 Å². The van der Waals surface area contributed by atoms with Gasteiger partial charge in [-0.3, -0.25) is 4.79 Å². The van der Waals surface area contributed by atoms with Crippen molar-refractivity contribution in [1.82, 2.24) is 5.32 Å². The Morgan fingerprint density at radius 1 is 1.42 bits per heavy atom. The van der Waals surface area contributed by atoms with E-state index >= 15 is 0 Å². The van der Waals surface area contributed by atoms with Crippen molar-refractivity contribution in [2.45, 2.75) is 25.7 Å². The number of nitrogens with one attached hydrogen (secondary N) is 2. The summed E-state index contributed by atoms with van der Waals surface area (Å²) >= 11 is 0. The van der Waals surface area contributed by atoms with Crippen LogP contribution < -0.4 is 15.4 Å². The van der Waals surface area contributed by atoms with Crippen molar-refractivity contribution in [1.29, 1.82) is 0 Å². The molecule has 2 aliphatic rings. The quantitative estimate of drug-likeness (QED) is 0.784. The van der Waals surface area contributed by atoms with Gasteiger partial charge in [-0.05, 0) is 37.4 Å². The molecule has 1 aliphatic heterocycles. The van der Waals surface area contributed by atoms with Gasteiger partial charge in [0.15, 0.2) is 11.6 Å². The Hall–Kier alpha value is -1.66. The molecule has 0 radical (unpaired) electrons. The molecule has 1 aromatic rings. The van der Waals surface area contributed by atoms with Gasteiger partial charge in [0, 0.05) is 25.4 Å². The van der Waals surface area contributed by atoms with Gasteiger partial charge >= 0.3 is 0 Å². The van der Waals surface area contributed by atoms with E-state index in [4.69, 9.17) is 9.47 Å². The minimum atomic E-state index is -0.480. The highest BCUT2D eigenvalue weighted by Gasteiger charge is 2.49. The summed E-state index contributed by atoms with van der Waals surface area (Å²) in [7, 11) is 1.56. The largest absolute Gasteiger partial charge is 0.488 e. The molecule has 2 fully saturated rings. The van der Waals surface area contributed by atoms with Gasteiger partial charge in [0.1, 0.15) is 6.61 Å². The van der Waals surface area contributed by atoms with Gasteiger partial charge in [-0.1, -0.05) is 12.8 Å². The number of carbonyl (C=O) groups is 1. The fourth-order valence-corrected chi connectivity index (χ4v) is 3.88. The average molecular weight is 336 g/mol. The fourth-order valence-electron chi connectivity index (χ4n) is 3.88. The molecule has 2 atom stereocenters. The van der Waals surface area contributed by atoms with Gasteiger partial charge in [0.05, 0.1) is 12.0 Å². The molecule has 1 aromatic carbocycles. The summed E-state index contributed by atoms with van der Waals surface area (Å²) in [6.07, 6.45) is 4.24. The molecule has 6 heteroatoms. The molecule has 1 saturated carbocycles. The van der Waals surface area contributed by atoms with E-state index in [1.165, 1.54) is 12.5 Å². The third-order valence-corrected chi connectivity index (χ3v) is 5.23. The lowest BCUT2D eigenvalue weighted by Crippen LogP contribution is -2.44. The van der Waals surface area contributed by atoms with E-state index in [1.54, 1.807) is 19.2 Å². The summed E-state index contributed by atoms with van der Waals surface area (Å²) in [5.41, 5.74) is 0.129. The maximum Gasteiger partial charge on any atom is 0.232 e. The number of methoxy groups -OCH3 is 1. The number of ether oxygens (including phenoxy) is 2. The van der Waals surface area contributed by atoms with Gasteiger partial charge < -0.3 is 20.1 Å². The van der Waals surface area contributed by atoms with Crippen LogP contribution in [0.4, 0.5) is 10.1 Å². The Morgan fingerprint density at radius 3 is 3.08 bits per heavy atom. The van der Waals surface area contributed by atoms with Crippen LogP contribution in [0.2, 0.25) is 0 Å². The van der Waals surface area contributed by atoms with Gasteiger partial charge in [0.2, 0.25) is 5.91 Å². The van der Waals surface area contributed by atoms with Crippen LogP contribution in [-0.4, -0.2) is 39.3 Å². The zero-order chi connectivity index (χ0) is 17.0. The molecule has 0 aromatic heterocycles. The summed E-state index contributed by atoms with van der Waals surface area (Å²) in [5.74, 6) is 0.0739. The fraction of sp³-hybridized carbons (Fsp3) is 0.611. The minimum absolute atomic E-state index is 0.00431. The SMILES string of the molecule is COCCOc1ccc(NC(=O)[C@@]23CCCC[C@H]2CNC3)cc1F. The number of anilines is 1. The zero-order valence-corrected chi connectivity index (χ0v) is 14.1. The predicted octanol–water partition coefficient (Wildman–Crippen LogP) is 2.57. The van der Waals surface area contributed by atoms with Crippen molar-refractivity contribution in [3.63, 3.8) is 0 Å². The summed E-state index contributed by atoms with van der Waals surface area (Å²) in [6, 6.07) is 4.54. The first kappa shape index (κ1) is 17.2. The van der Waals surface area contributed by atoms with Crippen molar-refractivity contribution in [2.75, 3.05) is 38.7 Å². The summed E-state index contributed by atoms with van der Waals surface area (Å²) in [6.45, 7) is 2.29. The number of rotatable bonds is 6. The normalized spacial score (nSPS) is 26.0. The molecule has 0 unspecified atom stereocenters. The molecule has 2 N–H and O–H groups in total. The molecular weight excluding hydrogens is 311 g/mol. The lowest BCUT2D eigenvalue weighted by atomic mass is 9.67. The first-order valence-electron chi connectivity index (χ1n) is 8.59. The van der Waals surface area contributed by atoms with E-state index in [2.05, 4.69) is 10.6 Å². The first-order chi connectivity index (χ1) is 11.7. The number of hydrogen-bond donors (Lipinski definition) is 2. The van der Waals surface area contributed by atoms with Crippen LogP contribution in [0.25, 0.3) is 0 Å². The van der Waals surface area contributed by atoms with Crippen LogP contribution in [-0.2, 0) is 9.53 Å². The van der Waals surface area contributed by atoms with Crippen molar-refractivity contribution < 1.29 is 18.7 Å². The second-order valence-electron chi connectivity index (χ2n) is 6.67. The molecule has 132 valence electrons. The van der Waals surface area contributed by atoms with Gasteiger partial charge in [-0.15, -0.1) is 0 Å². The molecule has 1 aliphatic carbocycles. The van der Waals surface area contributed by atoms with Crippen LogP contribution in [0.1, 0.15) is 25.7 Å². The predicted molar refractivity (Wildman–Crippen MR) is 89.7 cm³/mol. The van der Waals surface area contributed by atoms with Crippen molar-refractivity contribution >= 4 is 11.6 Å². The smallest absolute Gasteiger partial charge is 0.232 e. The second-order valence-corrected chi connectivity index (χ2v) is 6.67. The number of benzene rings is 1. The molecule has 1 heterocycles. The Kier molecular flexibility index (Phi) is 5.36. The molecule has 24 heavy (non-hydrogen) atoms. The lowest BCUT2D eigenvalue weighted by Gasteiger charge is -2.37. The van der Waals surface area contributed by atoms with E-state index < -0.39 is 5.82 Å². The van der Waals surface area contributed by atoms with Crippen molar-refractivity contribution in [3.8, 4) is 5.75 Å². The summed E-state index contributed by atoms with van der Waals surface area (Å²) in [5, 5.41) is 6.26. The van der Waals surface area contributed by atoms with E-state index in [0.29, 0.717) is 24.8 Å². The average Bonchev–Trinajstić information content (AvgIpc) is 3.02. The Balaban J connectivity index is 1.67. The third kappa shape index (κ3) is 3.39. The molecule has 3 rings (SSSR count). The molecule has 1 amide bonds. The molecule has 0 spiro atoms. The Morgan fingerprint density at radius 2 is 2.29 bits per heavy atom. The second kappa shape index (κ2) is 7.49. The van der Waals surface area contributed by atoms with E-state index in [0.717, 1.165) is 25.8 Å². The molecular formula is C18H25FN2O3. The lowest BCUT2D eigenvalue weighted by molar-refractivity contribution is -0.128. The van der Waals surface area contributed by atoms with Crippen molar-refractivity contribution in [2.24, 2.45) is 11.3 Å². The van der Waals surface area contributed by atoms with Crippen molar-refractivity contribution in [3.05, 3.63) is 24.0 Å². The Labute approximate surface area is 141 Å². The number of carbonyl (C=O) groups excluding carboxylic acids is 1. The summed E-state index contributed by atoms with van der Waals surface area (Å²) < 4.78 is 24.3. The van der Waals surface area contributed by atoms with Gasteiger partial charge in [-0.25, -0.2) is 4.39 Å². The number of amides is 1.